The van der Waals surface area contributed by atoms with Crippen LogP contribution in [0.2, 0.25) is 0 Å². The molecule has 11 nitrogen and oxygen atoms in total. The molecule has 2 aromatic carbocycles. The summed E-state index contributed by atoms with van der Waals surface area (Å²) in [7, 11) is 6.66. The predicted molar refractivity (Wildman–Crippen MR) is 145 cm³/mol. The van der Waals surface area contributed by atoms with E-state index in [-0.39, 0.29) is 5.91 Å². The van der Waals surface area contributed by atoms with E-state index in [0.717, 1.165) is 28.0 Å². The first-order valence-electron chi connectivity index (χ1n) is 11.3. The fourth-order valence-corrected chi connectivity index (χ4v) is 4.25. The molecule has 0 fully saturated rings. The van der Waals surface area contributed by atoms with E-state index in [0.29, 0.717) is 41.3 Å². The Labute approximate surface area is 224 Å². The van der Waals surface area contributed by atoms with Crippen LogP contribution in [-0.4, -0.2) is 55.4 Å². The Hall–Kier alpha value is -4.47. The highest BCUT2D eigenvalue weighted by Gasteiger charge is 2.17. The van der Waals surface area contributed by atoms with Crippen LogP contribution in [0, 0.1) is 12.3 Å². The normalized spacial score (nSPS) is 10.2. The molecule has 3 N–H and O–H groups in total. The van der Waals surface area contributed by atoms with Crippen molar-refractivity contribution in [1.29, 1.82) is 0 Å². The third-order valence-electron chi connectivity index (χ3n) is 5.21. The maximum absolute atomic E-state index is 11.9. The highest BCUT2D eigenvalue weighted by atomic mass is 32.2. The standard InChI is InChI=1S/C23H26N6O4S.C3H2O/c1-24-10-15-11-26-29(13-15)12-14-7-18(32-4)21-19(8-14)33-27-22(21)28-34-20-6-5-16(23(30)25-2)9-17(20)31-3;1-2-3-4/h5-9,11,13,24H,10,12H2,1-4H3,(H,25,30)(H,27,28);1,3H. The number of nitrogens with one attached hydrogen (secondary N) is 3. The van der Waals surface area contributed by atoms with Crippen LogP contribution in [-0.2, 0) is 17.9 Å². The highest BCUT2D eigenvalue weighted by molar-refractivity contribution is 8.00. The molecule has 0 atom stereocenters. The Morgan fingerprint density at radius 1 is 1.18 bits per heavy atom. The third kappa shape index (κ3) is 6.84. The first-order chi connectivity index (χ1) is 18.5. The Morgan fingerprint density at radius 2 is 1.95 bits per heavy atom. The number of rotatable bonds is 10. The summed E-state index contributed by atoms with van der Waals surface area (Å²) >= 11 is 1.30. The number of carbonyl (C=O) groups is 2. The van der Waals surface area contributed by atoms with Crippen LogP contribution in [0.25, 0.3) is 11.0 Å². The van der Waals surface area contributed by atoms with E-state index in [1.807, 2.05) is 42.3 Å². The number of carbonyl (C=O) groups excluding carboxylic acids is 2. The van der Waals surface area contributed by atoms with Crippen LogP contribution in [0.5, 0.6) is 11.5 Å². The van der Waals surface area contributed by atoms with Gasteiger partial charge in [0.1, 0.15) is 16.9 Å². The molecule has 1 amide bonds. The van der Waals surface area contributed by atoms with E-state index in [2.05, 4.69) is 32.0 Å². The molecule has 0 radical (unpaired) electrons. The number of hydrogen-bond donors (Lipinski definition) is 3. The minimum atomic E-state index is -0.181. The summed E-state index contributed by atoms with van der Waals surface area (Å²) in [4.78, 5) is 21.6. The van der Waals surface area contributed by atoms with Crippen molar-refractivity contribution in [1.82, 2.24) is 25.6 Å². The van der Waals surface area contributed by atoms with Crippen molar-refractivity contribution in [3.05, 3.63) is 59.4 Å². The SMILES string of the molecule is C#CC=O.CNCc1cnn(Cc2cc(OC)c3c(NSc4ccc(C(=O)NC)cc4OC)noc3c2)c1. The Bertz CT molecular complexity index is 1440. The Balaban J connectivity index is 0.000000934. The first kappa shape index (κ1) is 28.1. The summed E-state index contributed by atoms with van der Waals surface area (Å²) in [5, 5.41) is 15.1. The van der Waals surface area contributed by atoms with Gasteiger partial charge >= 0.3 is 0 Å². The summed E-state index contributed by atoms with van der Waals surface area (Å²) in [5.41, 5.74) is 3.20. The topological polar surface area (TPSA) is 133 Å². The lowest BCUT2D eigenvalue weighted by Gasteiger charge is -2.11. The summed E-state index contributed by atoms with van der Waals surface area (Å²) in [6.45, 7) is 1.33. The van der Waals surface area contributed by atoms with Gasteiger partial charge in [0.05, 0.1) is 31.9 Å². The lowest BCUT2D eigenvalue weighted by atomic mass is 10.1. The number of aromatic nitrogens is 3. The molecule has 0 aliphatic heterocycles. The molecule has 4 rings (SSSR count). The fraction of sp³-hybridized carbons (Fsp3) is 0.231. The fourth-order valence-electron chi connectivity index (χ4n) is 3.53. The van der Waals surface area contributed by atoms with Gasteiger partial charge in [-0.15, -0.1) is 6.42 Å². The van der Waals surface area contributed by atoms with E-state index in [1.54, 1.807) is 39.3 Å². The maximum Gasteiger partial charge on any atom is 0.251 e. The smallest absolute Gasteiger partial charge is 0.251 e. The summed E-state index contributed by atoms with van der Waals surface area (Å²) in [5.74, 6) is 3.30. The van der Waals surface area contributed by atoms with Gasteiger partial charge in [-0.3, -0.25) is 14.3 Å². The van der Waals surface area contributed by atoms with E-state index in [1.165, 1.54) is 11.9 Å². The van der Waals surface area contributed by atoms with Crippen LogP contribution in [0.3, 0.4) is 0 Å². The van der Waals surface area contributed by atoms with Gasteiger partial charge in [0.25, 0.3) is 5.91 Å². The van der Waals surface area contributed by atoms with Gasteiger partial charge in [0.2, 0.25) is 0 Å². The van der Waals surface area contributed by atoms with Gasteiger partial charge in [0, 0.05) is 30.9 Å². The molecule has 0 unspecified atom stereocenters. The number of benzene rings is 2. The Kier molecular flexibility index (Phi) is 10.2. The number of amides is 1. The average Bonchev–Trinajstić information content (AvgIpc) is 3.57. The van der Waals surface area contributed by atoms with Crippen molar-refractivity contribution in [2.75, 3.05) is 33.0 Å². The van der Waals surface area contributed by atoms with Crippen LogP contribution < -0.4 is 24.8 Å². The van der Waals surface area contributed by atoms with E-state index in [4.69, 9.17) is 18.8 Å². The molecule has 38 heavy (non-hydrogen) atoms. The zero-order chi connectivity index (χ0) is 27.5. The molecule has 2 heterocycles. The van der Waals surface area contributed by atoms with E-state index in [9.17, 15) is 4.79 Å². The highest BCUT2D eigenvalue weighted by Crippen LogP contribution is 2.37. The second kappa shape index (κ2) is 13.7. The largest absolute Gasteiger partial charge is 0.496 e. The van der Waals surface area contributed by atoms with Crippen LogP contribution in [0.15, 0.2) is 52.1 Å². The molecular weight excluding hydrogens is 508 g/mol. The predicted octanol–water partition coefficient (Wildman–Crippen LogP) is 3.11. The van der Waals surface area contributed by atoms with E-state index < -0.39 is 0 Å². The lowest BCUT2D eigenvalue weighted by molar-refractivity contribution is -0.103. The van der Waals surface area contributed by atoms with E-state index >= 15 is 0 Å². The van der Waals surface area contributed by atoms with Crippen molar-refractivity contribution >= 4 is 40.9 Å². The van der Waals surface area contributed by atoms with Gasteiger partial charge in [-0.2, -0.15) is 5.10 Å². The maximum atomic E-state index is 11.9. The molecule has 198 valence electrons. The molecule has 0 saturated heterocycles. The third-order valence-corrected chi connectivity index (χ3v) is 6.06. The molecule has 12 heteroatoms. The summed E-state index contributed by atoms with van der Waals surface area (Å²) in [6, 6.07) is 9.11. The summed E-state index contributed by atoms with van der Waals surface area (Å²) in [6.07, 6.45) is 8.66. The van der Waals surface area contributed by atoms with Gasteiger partial charge in [0.15, 0.2) is 17.7 Å². The minimum absolute atomic E-state index is 0.181. The quantitative estimate of drug-likeness (QED) is 0.158. The molecule has 0 saturated carbocycles. The van der Waals surface area contributed by atoms with Crippen molar-refractivity contribution in [3.63, 3.8) is 0 Å². The van der Waals surface area contributed by atoms with Crippen LogP contribution >= 0.6 is 11.9 Å². The van der Waals surface area contributed by atoms with Crippen molar-refractivity contribution in [2.45, 2.75) is 18.0 Å². The molecule has 0 bridgehead atoms. The summed E-state index contributed by atoms with van der Waals surface area (Å²) < 4.78 is 21.8. The molecule has 0 spiro atoms. The zero-order valence-electron chi connectivity index (χ0n) is 21.4. The number of methoxy groups -OCH3 is 2. The second-order valence-electron chi connectivity index (χ2n) is 7.71. The van der Waals surface area contributed by atoms with Gasteiger partial charge in [-0.25, -0.2) is 0 Å². The first-order valence-corrected chi connectivity index (χ1v) is 12.1. The number of anilines is 1. The van der Waals surface area contributed by atoms with Crippen molar-refractivity contribution < 1.29 is 23.6 Å². The number of terminal acetylenes is 1. The molecule has 0 aliphatic rings. The number of ether oxygens (including phenoxy) is 2. The average molecular weight is 537 g/mol. The monoisotopic (exact) mass is 536 g/mol. The van der Waals surface area contributed by atoms with Crippen LogP contribution in [0.4, 0.5) is 5.82 Å². The number of hydrogen-bond acceptors (Lipinski definition) is 10. The lowest BCUT2D eigenvalue weighted by Crippen LogP contribution is -2.17. The number of nitrogens with zero attached hydrogens (tertiary/aromatic N) is 3. The molecule has 2 aromatic heterocycles. The number of fused-ring (bicyclic) bond motifs is 1. The van der Waals surface area contributed by atoms with Gasteiger partial charge in [-0.05, 0) is 60.8 Å². The Morgan fingerprint density at radius 3 is 2.61 bits per heavy atom. The second-order valence-corrected chi connectivity index (χ2v) is 8.56. The van der Waals surface area contributed by atoms with Crippen molar-refractivity contribution in [2.24, 2.45) is 0 Å². The molecule has 0 aliphatic carbocycles. The number of aldehydes is 1. The molecular formula is C26H28N6O5S. The minimum Gasteiger partial charge on any atom is -0.496 e. The van der Waals surface area contributed by atoms with Gasteiger partial charge in [-0.1, -0.05) is 5.16 Å². The van der Waals surface area contributed by atoms with Crippen molar-refractivity contribution in [3.8, 4) is 23.8 Å². The zero-order valence-corrected chi connectivity index (χ0v) is 22.2. The van der Waals surface area contributed by atoms with Crippen LogP contribution in [0.1, 0.15) is 21.5 Å². The molecule has 4 aromatic rings. The van der Waals surface area contributed by atoms with Gasteiger partial charge < -0.3 is 29.4 Å².